The van der Waals surface area contributed by atoms with Crippen LogP contribution in [0, 0.1) is 0 Å². The van der Waals surface area contributed by atoms with Crippen LogP contribution in [0.15, 0.2) is 48.7 Å². The molecule has 1 unspecified atom stereocenters. The number of benzene rings is 1. The standard InChI is InChI=1S/C14H16ClN3/c15-14-9-7-12(10-17-14)13(18-16)8-6-11-4-2-1-3-5-11/h1-5,7,9-10,13,18H,6,8,16H2. The van der Waals surface area contributed by atoms with Crippen molar-refractivity contribution in [3.8, 4) is 0 Å². The van der Waals surface area contributed by atoms with Gasteiger partial charge in [0.15, 0.2) is 0 Å². The summed E-state index contributed by atoms with van der Waals surface area (Å²) in [6.45, 7) is 0. The van der Waals surface area contributed by atoms with E-state index in [1.807, 2.05) is 24.3 Å². The van der Waals surface area contributed by atoms with Crippen LogP contribution in [0.1, 0.15) is 23.6 Å². The van der Waals surface area contributed by atoms with Crippen LogP contribution in [-0.2, 0) is 6.42 Å². The van der Waals surface area contributed by atoms with E-state index in [9.17, 15) is 0 Å². The number of nitrogens with zero attached hydrogens (tertiary/aromatic N) is 1. The maximum atomic E-state index is 5.77. The number of nitrogens with two attached hydrogens (primary N) is 1. The van der Waals surface area contributed by atoms with Gasteiger partial charge in [-0.1, -0.05) is 48.0 Å². The van der Waals surface area contributed by atoms with E-state index in [1.165, 1.54) is 5.56 Å². The third-order valence-electron chi connectivity index (χ3n) is 2.92. The number of hydrazine groups is 1. The van der Waals surface area contributed by atoms with Crippen molar-refractivity contribution in [1.82, 2.24) is 10.4 Å². The lowest BCUT2D eigenvalue weighted by Crippen LogP contribution is -2.28. The Balaban J connectivity index is 1.99. The first-order valence-electron chi connectivity index (χ1n) is 5.91. The van der Waals surface area contributed by atoms with Crippen LogP contribution >= 0.6 is 11.6 Å². The second kappa shape index (κ2) is 6.50. The van der Waals surface area contributed by atoms with E-state index in [4.69, 9.17) is 17.4 Å². The first kappa shape index (κ1) is 13.0. The Kier molecular flexibility index (Phi) is 4.70. The van der Waals surface area contributed by atoms with Crippen molar-refractivity contribution in [2.45, 2.75) is 18.9 Å². The highest BCUT2D eigenvalue weighted by atomic mass is 35.5. The van der Waals surface area contributed by atoms with Gasteiger partial charge in [0.1, 0.15) is 5.15 Å². The minimum atomic E-state index is 0.0926. The topological polar surface area (TPSA) is 50.9 Å². The van der Waals surface area contributed by atoms with E-state index in [1.54, 1.807) is 12.3 Å². The van der Waals surface area contributed by atoms with E-state index in [0.717, 1.165) is 18.4 Å². The van der Waals surface area contributed by atoms with Gasteiger partial charge in [0, 0.05) is 12.2 Å². The fraction of sp³-hybridized carbons (Fsp3) is 0.214. The summed E-state index contributed by atoms with van der Waals surface area (Å²) in [6.07, 6.45) is 3.65. The summed E-state index contributed by atoms with van der Waals surface area (Å²) < 4.78 is 0. The lowest BCUT2D eigenvalue weighted by atomic mass is 10.0. The zero-order valence-electron chi connectivity index (χ0n) is 10.0. The summed E-state index contributed by atoms with van der Waals surface area (Å²) in [7, 11) is 0. The summed E-state index contributed by atoms with van der Waals surface area (Å²) in [5.74, 6) is 5.60. The Morgan fingerprint density at radius 2 is 1.94 bits per heavy atom. The number of aryl methyl sites for hydroxylation is 1. The predicted molar refractivity (Wildman–Crippen MR) is 74.1 cm³/mol. The molecule has 0 saturated heterocycles. The molecular weight excluding hydrogens is 246 g/mol. The number of hydrogen-bond donors (Lipinski definition) is 2. The SMILES string of the molecule is NNC(CCc1ccccc1)c1ccc(Cl)nc1. The minimum absolute atomic E-state index is 0.0926. The van der Waals surface area contributed by atoms with Gasteiger partial charge in [0.25, 0.3) is 0 Å². The molecule has 0 saturated carbocycles. The third kappa shape index (κ3) is 3.53. The van der Waals surface area contributed by atoms with E-state index < -0.39 is 0 Å². The van der Waals surface area contributed by atoms with Crippen molar-refractivity contribution in [3.63, 3.8) is 0 Å². The van der Waals surface area contributed by atoms with Crippen molar-refractivity contribution >= 4 is 11.6 Å². The van der Waals surface area contributed by atoms with E-state index in [-0.39, 0.29) is 6.04 Å². The summed E-state index contributed by atoms with van der Waals surface area (Å²) in [5, 5.41) is 0.498. The molecule has 4 heteroatoms. The molecule has 0 spiro atoms. The van der Waals surface area contributed by atoms with Gasteiger partial charge < -0.3 is 0 Å². The molecule has 1 atom stereocenters. The van der Waals surface area contributed by atoms with Crippen molar-refractivity contribution in [3.05, 3.63) is 64.9 Å². The van der Waals surface area contributed by atoms with Crippen LogP contribution in [-0.4, -0.2) is 4.98 Å². The molecular formula is C14H16ClN3. The molecule has 2 aromatic rings. The van der Waals surface area contributed by atoms with Crippen LogP contribution in [0.2, 0.25) is 5.15 Å². The molecule has 1 aromatic heterocycles. The highest BCUT2D eigenvalue weighted by molar-refractivity contribution is 6.29. The fourth-order valence-electron chi connectivity index (χ4n) is 1.90. The second-order valence-corrected chi connectivity index (χ2v) is 4.55. The second-order valence-electron chi connectivity index (χ2n) is 4.16. The molecule has 0 bridgehead atoms. The Morgan fingerprint density at radius 3 is 2.56 bits per heavy atom. The first-order valence-corrected chi connectivity index (χ1v) is 6.29. The van der Waals surface area contributed by atoms with Crippen molar-refractivity contribution in [2.24, 2.45) is 5.84 Å². The Morgan fingerprint density at radius 1 is 1.17 bits per heavy atom. The molecule has 0 radical (unpaired) electrons. The first-order chi connectivity index (χ1) is 8.79. The predicted octanol–water partition coefficient (Wildman–Crippen LogP) is 2.87. The number of hydrogen-bond acceptors (Lipinski definition) is 3. The largest absolute Gasteiger partial charge is 0.271 e. The van der Waals surface area contributed by atoms with Crippen LogP contribution in [0.5, 0.6) is 0 Å². The zero-order chi connectivity index (χ0) is 12.8. The molecule has 3 N–H and O–H groups in total. The summed E-state index contributed by atoms with van der Waals surface area (Å²) >= 11 is 5.77. The maximum absolute atomic E-state index is 5.77. The van der Waals surface area contributed by atoms with Crippen molar-refractivity contribution in [2.75, 3.05) is 0 Å². The van der Waals surface area contributed by atoms with Crippen LogP contribution in [0.3, 0.4) is 0 Å². The Hall–Kier alpha value is -1.42. The highest BCUT2D eigenvalue weighted by Gasteiger charge is 2.09. The van der Waals surface area contributed by atoms with E-state index >= 15 is 0 Å². The fourth-order valence-corrected chi connectivity index (χ4v) is 2.01. The van der Waals surface area contributed by atoms with Crippen molar-refractivity contribution < 1.29 is 0 Å². The number of rotatable bonds is 5. The molecule has 0 aliphatic heterocycles. The van der Waals surface area contributed by atoms with Gasteiger partial charge in [-0.25, -0.2) is 4.98 Å². The lowest BCUT2D eigenvalue weighted by molar-refractivity contribution is 0.515. The molecule has 0 aliphatic rings. The molecule has 1 aromatic carbocycles. The summed E-state index contributed by atoms with van der Waals surface area (Å²) in [6, 6.07) is 14.2. The van der Waals surface area contributed by atoms with Crippen LogP contribution < -0.4 is 11.3 Å². The molecule has 0 fully saturated rings. The quantitative estimate of drug-likeness (QED) is 0.494. The maximum Gasteiger partial charge on any atom is 0.129 e. The number of nitrogens with one attached hydrogen (secondary N) is 1. The van der Waals surface area contributed by atoms with Gasteiger partial charge in [0.2, 0.25) is 0 Å². The van der Waals surface area contributed by atoms with E-state index in [0.29, 0.717) is 5.15 Å². The average molecular weight is 262 g/mol. The average Bonchev–Trinajstić information content (AvgIpc) is 2.42. The molecule has 0 amide bonds. The molecule has 94 valence electrons. The Bertz CT molecular complexity index is 470. The molecule has 1 heterocycles. The number of pyridine rings is 1. The molecule has 2 rings (SSSR count). The molecule has 18 heavy (non-hydrogen) atoms. The molecule has 0 aliphatic carbocycles. The highest BCUT2D eigenvalue weighted by Crippen LogP contribution is 2.18. The van der Waals surface area contributed by atoms with Crippen LogP contribution in [0.4, 0.5) is 0 Å². The van der Waals surface area contributed by atoms with Gasteiger partial charge >= 0.3 is 0 Å². The third-order valence-corrected chi connectivity index (χ3v) is 3.14. The number of aromatic nitrogens is 1. The molecule has 3 nitrogen and oxygen atoms in total. The van der Waals surface area contributed by atoms with Gasteiger partial charge in [-0.3, -0.25) is 11.3 Å². The Labute approximate surface area is 112 Å². The van der Waals surface area contributed by atoms with Crippen LogP contribution in [0.25, 0.3) is 0 Å². The lowest BCUT2D eigenvalue weighted by Gasteiger charge is -2.15. The summed E-state index contributed by atoms with van der Waals surface area (Å²) in [4.78, 5) is 4.07. The smallest absolute Gasteiger partial charge is 0.129 e. The van der Waals surface area contributed by atoms with Gasteiger partial charge in [-0.2, -0.15) is 0 Å². The minimum Gasteiger partial charge on any atom is -0.271 e. The van der Waals surface area contributed by atoms with E-state index in [2.05, 4.69) is 22.5 Å². The van der Waals surface area contributed by atoms with Gasteiger partial charge in [-0.05, 0) is 30.0 Å². The zero-order valence-corrected chi connectivity index (χ0v) is 10.8. The number of halogens is 1. The summed E-state index contributed by atoms with van der Waals surface area (Å²) in [5.41, 5.74) is 5.18. The normalized spacial score (nSPS) is 12.3. The van der Waals surface area contributed by atoms with Crippen molar-refractivity contribution in [1.29, 1.82) is 0 Å². The van der Waals surface area contributed by atoms with Gasteiger partial charge in [-0.15, -0.1) is 0 Å². The van der Waals surface area contributed by atoms with Gasteiger partial charge in [0.05, 0.1) is 0 Å². The monoisotopic (exact) mass is 261 g/mol.